The van der Waals surface area contributed by atoms with Gasteiger partial charge in [-0.3, -0.25) is 4.79 Å². The maximum atomic E-state index is 12.5. The second-order valence-corrected chi connectivity index (χ2v) is 5.18. The molecule has 1 aromatic rings. The number of anilines is 1. The van der Waals surface area contributed by atoms with Gasteiger partial charge >= 0.3 is 0 Å². The largest absolute Gasteiger partial charge is 0.398 e. The van der Waals surface area contributed by atoms with Crippen molar-refractivity contribution in [2.75, 3.05) is 18.8 Å². The van der Waals surface area contributed by atoms with Crippen molar-refractivity contribution in [3.63, 3.8) is 0 Å². The lowest BCUT2D eigenvalue weighted by Crippen LogP contribution is -2.39. The molecule has 1 aromatic carbocycles. The summed E-state index contributed by atoms with van der Waals surface area (Å²) in [6, 6.07) is 5.65. The summed E-state index contributed by atoms with van der Waals surface area (Å²) in [4.78, 5) is 14.4. The number of carbonyl (C=O) groups excluding carboxylic acids is 1. The Morgan fingerprint density at radius 2 is 2.06 bits per heavy atom. The summed E-state index contributed by atoms with van der Waals surface area (Å²) < 4.78 is 0. The number of carbonyl (C=O) groups is 1. The number of rotatable bonds is 2. The Hall–Kier alpha value is -1.51. The van der Waals surface area contributed by atoms with Gasteiger partial charge in [-0.15, -0.1) is 0 Å². The quantitative estimate of drug-likeness (QED) is 0.816. The molecule has 0 saturated carbocycles. The zero-order valence-corrected chi connectivity index (χ0v) is 11.3. The van der Waals surface area contributed by atoms with Crippen LogP contribution in [0.4, 0.5) is 5.69 Å². The SMILES string of the molecule is CCC1CCN(C(=O)c2c(C)cccc2N)CC1. The van der Waals surface area contributed by atoms with Crippen LogP contribution in [-0.2, 0) is 0 Å². The average molecular weight is 246 g/mol. The third kappa shape index (κ3) is 2.50. The predicted molar refractivity (Wildman–Crippen MR) is 74.5 cm³/mol. The van der Waals surface area contributed by atoms with E-state index in [1.54, 1.807) is 6.07 Å². The number of hydrogen-bond acceptors (Lipinski definition) is 2. The van der Waals surface area contributed by atoms with Crippen molar-refractivity contribution in [2.24, 2.45) is 5.92 Å². The van der Waals surface area contributed by atoms with E-state index in [0.29, 0.717) is 11.3 Å². The number of benzene rings is 1. The molecule has 1 fully saturated rings. The zero-order chi connectivity index (χ0) is 13.1. The van der Waals surface area contributed by atoms with Crippen molar-refractivity contribution in [1.82, 2.24) is 4.90 Å². The fourth-order valence-corrected chi connectivity index (χ4v) is 2.69. The molecule has 0 spiro atoms. The molecular weight excluding hydrogens is 224 g/mol. The third-order valence-corrected chi connectivity index (χ3v) is 4.00. The van der Waals surface area contributed by atoms with Crippen LogP contribution in [0.15, 0.2) is 18.2 Å². The fourth-order valence-electron chi connectivity index (χ4n) is 2.69. The molecule has 1 amide bonds. The minimum Gasteiger partial charge on any atom is -0.398 e. The van der Waals surface area contributed by atoms with E-state index >= 15 is 0 Å². The Balaban J connectivity index is 2.13. The van der Waals surface area contributed by atoms with Crippen LogP contribution in [0.1, 0.15) is 42.1 Å². The summed E-state index contributed by atoms with van der Waals surface area (Å²) in [6.45, 7) is 5.90. The first kappa shape index (κ1) is 12.9. The second-order valence-electron chi connectivity index (χ2n) is 5.18. The van der Waals surface area contributed by atoms with Gasteiger partial charge in [-0.1, -0.05) is 25.5 Å². The molecule has 1 aliphatic rings. The lowest BCUT2D eigenvalue weighted by Gasteiger charge is -2.32. The summed E-state index contributed by atoms with van der Waals surface area (Å²) in [5, 5.41) is 0. The van der Waals surface area contributed by atoms with E-state index < -0.39 is 0 Å². The average Bonchev–Trinajstić information content (AvgIpc) is 2.38. The molecule has 0 bridgehead atoms. The molecule has 1 heterocycles. The highest BCUT2D eigenvalue weighted by molar-refractivity contribution is 6.00. The Kier molecular flexibility index (Phi) is 3.90. The molecular formula is C15H22N2O. The first-order valence-electron chi connectivity index (χ1n) is 6.77. The van der Waals surface area contributed by atoms with Crippen molar-refractivity contribution in [3.8, 4) is 0 Å². The first-order chi connectivity index (χ1) is 8.63. The standard InChI is InChI=1S/C15H22N2O/c1-3-12-7-9-17(10-8-12)15(18)14-11(2)5-4-6-13(14)16/h4-6,12H,3,7-10,16H2,1-2H3. The van der Waals surface area contributed by atoms with Crippen molar-refractivity contribution in [1.29, 1.82) is 0 Å². The normalized spacial score (nSPS) is 16.9. The van der Waals surface area contributed by atoms with E-state index in [1.165, 1.54) is 6.42 Å². The number of aryl methyl sites for hydroxylation is 1. The monoisotopic (exact) mass is 246 g/mol. The zero-order valence-electron chi connectivity index (χ0n) is 11.3. The minimum absolute atomic E-state index is 0.0974. The van der Waals surface area contributed by atoms with E-state index in [9.17, 15) is 4.79 Å². The molecule has 1 aliphatic heterocycles. The molecule has 2 rings (SSSR count). The van der Waals surface area contributed by atoms with Crippen LogP contribution in [0, 0.1) is 12.8 Å². The topological polar surface area (TPSA) is 46.3 Å². The molecule has 0 aromatic heterocycles. The summed E-state index contributed by atoms with van der Waals surface area (Å²) >= 11 is 0. The molecule has 3 heteroatoms. The number of nitrogen functional groups attached to an aromatic ring is 1. The number of piperidine rings is 1. The van der Waals surface area contributed by atoms with Gasteiger partial charge < -0.3 is 10.6 Å². The fraction of sp³-hybridized carbons (Fsp3) is 0.533. The number of nitrogens with two attached hydrogens (primary N) is 1. The van der Waals surface area contributed by atoms with Gasteiger partial charge in [0.1, 0.15) is 0 Å². The van der Waals surface area contributed by atoms with Gasteiger partial charge in [-0.2, -0.15) is 0 Å². The molecule has 98 valence electrons. The number of nitrogens with zero attached hydrogens (tertiary/aromatic N) is 1. The van der Waals surface area contributed by atoms with Gasteiger partial charge in [0.2, 0.25) is 0 Å². The van der Waals surface area contributed by atoms with Crippen molar-refractivity contribution in [2.45, 2.75) is 33.1 Å². The molecule has 0 unspecified atom stereocenters. The molecule has 18 heavy (non-hydrogen) atoms. The van der Waals surface area contributed by atoms with Gasteiger partial charge in [0.25, 0.3) is 5.91 Å². The van der Waals surface area contributed by atoms with Crippen LogP contribution in [0.2, 0.25) is 0 Å². The van der Waals surface area contributed by atoms with Crippen LogP contribution in [0.3, 0.4) is 0 Å². The van der Waals surface area contributed by atoms with E-state index in [2.05, 4.69) is 6.92 Å². The number of amides is 1. The Bertz CT molecular complexity index is 414. The van der Waals surface area contributed by atoms with Crippen LogP contribution in [0.5, 0.6) is 0 Å². The molecule has 0 radical (unpaired) electrons. The third-order valence-electron chi connectivity index (χ3n) is 4.00. The molecule has 1 saturated heterocycles. The van der Waals surface area contributed by atoms with Crippen molar-refractivity contribution < 1.29 is 4.79 Å². The van der Waals surface area contributed by atoms with Crippen molar-refractivity contribution >= 4 is 11.6 Å². The lowest BCUT2D eigenvalue weighted by molar-refractivity contribution is 0.0689. The Morgan fingerprint density at radius 1 is 1.39 bits per heavy atom. The first-order valence-corrected chi connectivity index (χ1v) is 6.77. The molecule has 3 nitrogen and oxygen atoms in total. The second kappa shape index (κ2) is 5.42. The summed E-state index contributed by atoms with van der Waals surface area (Å²) in [6.07, 6.45) is 3.45. The van der Waals surface area contributed by atoms with Gasteiger partial charge in [0.15, 0.2) is 0 Å². The lowest BCUT2D eigenvalue weighted by atomic mass is 9.93. The molecule has 0 atom stereocenters. The summed E-state index contributed by atoms with van der Waals surface area (Å²) in [5.41, 5.74) is 8.19. The molecule has 2 N–H and O–H groups in total. The van der Waals surface area contributed by atoms with Gasteiger partial charge in [-0.05, 0) is 37.3 Å². The van der Waals surface area contributed by atoms with Crippen LogP contribution < -0.4 is 5.73 Å². The van der Waals surface area contributed by atoms with E-state index in [-0.39, 0.29) is 5.91 Å². The maximum Gasteiger partial charge on any atom is 0.256 e. The van der Waals surface area contributed by atoms with Crippen molar-refractivity contribution in [3.05, 3.63) is 29.3 Å². The Morgan fingerprint density at radius 3 is 2.61 bits per heavy atom. The number of likely N-dealkylation sites (tertiary alicyclic amines) is 1. The van der Waals surface area contributed by atoms with E-state index in [0.717, 1.165) is 37.4 Å². The summed E-state index contributed by atoms with van der Waals surface area (Å²) in [5.74, 6) is 0.878. The van der Waals surface area contributed by atoms with Crippen LogP contribution >= 0.6 is 0 Å². The van der Waals surface area contributed by atoms with E-state index in [1.807, 2.05) is 24.0 Å². The maximum absolute atomic E-state index is 12.5. The van der Waals surface area contributed by atoms with Gasteiger partial charge in [0, 0.05) is 18.8 Å². The van der Waals surface area contributed by atoms with E-state index in [4.69, 9.17) is 5.73 Å². The minimum atomic E-state index is 0.0974. The van der Waals surface area contributed by atoms with Gasteiger partial charge in [-0.25, -0.2) is 0 Å². The van der Waals surface area contributed by atoms with Gasteiger partial charge in [0.05, 0.1) is 5.56 Å². The predicted octanol–water partition coefficient (Wildman–Crippen LogP) is 2.84. The van der Waals surface area contributed by atoms with Crippen LogP contribution in [0.25, 0.3) is 0 Å². The number of hydrogen-bond donors (Lipinski definition) is 1. The van der Waals surface area contributed by atoms with Crippen LogP contribution in [-0.4, -0.2) is 23.9 Å². The highest BCUT2D eigenvalue weighted by Crippen LogP contribution is 2.24. The highest BCUT2D eigenvalue weighted by atomic mass is 16.2. The smallest absolute Gasteiger partial charge is 0.256 e. The Labute approximate surface area is 109 Å². The highest BCUT2D eigenvalue weighted by Gasteiger charge is 2.24. The molecule has 0 aliphatic carbocycles. The summed E-state index contributed by atoms with van der Waals surface area (Å²) in [7, 11) is 0.